The number of benzene rings is 1. The van der Waals surface area contributed by atoms with Crippen LogP contribution in [-0.4, -0.2) is 31.6 Å². The minimum Gasteiger partial charge on any atom is -0.337 e. The third-order valence-electron chi connectivity index (χ3n) is 4.22. The summed E-state index contributed by atoms with van der Waals surface area (Å²) in [6.45, 7) is 10.4. The Kier molecular flexibility index (Phi) is 4.97. The lowest BCUT2D eigenvalue weighted by Gasteiger charge is -2.43. The van der Waals surface area contributed by atoms with Gasteiger partial charge in [-0.15, -0.1) is 0 Å². The Balaban J connectivity index is 2.03. The molecular weight excluding hydrogens is 326 g/mol. The number of carbonyl (C=O) groups excluding carboxylic acids is 1. The van der Waals surface area contributed by atoms with E-state index in [1.807, 2.05) is 6.92 Å². The Morgan fingerprint density at radius 3 is 2.08 bits per heavy atom. The van der Waals surface area contributed by atoms with E-state index in [4.69, 9.17) is 0 Å². The molecule has 1 aromatic rings. The maximum Gasteiger partial charge on any atom is 0.328 e. The van der Waals surface area contributed by atoms with Crippen LogP contribution in [0.25, 0.3) is 0 Å². The van der Waals surface area contributed by atoms with Crippen LogP contribution < -0.4 is 15.4 Å². The van der Waals surface area contributed by atoms with Crippen molar-refractivity contribution in [2.45, 2.75) is 69.5 Å². The average Bonchev–Trinajstić information content (AvgIpc) is 2.33. The number of aryl methyl sites for hydroxylation is 1. The normalized spacial score (nSPS) is 20.4. The first kappa shape index (κ1) is 18.7. The molecule has 1 aliphatic heterocycles. The fourth-order valence-corrected chi connectivity index (χ4v) is 4.65. The molecule has 4 N–H and O–H groups in total. The van der Waals surface area contributed by atoms with E-state index in [1.165, 1.54) is 12.1 Å². The molecule has 7 heteroatoms. The van der Waals surface area contributed by atoms with E-state index in [2.05, 4.69) is 43.1 Å². The monoisotopic (exact) mass is 354 g/mol. The van der Waals surface area contributed by atoms with Crippen molar-refractivity contribution in [1.29, 1.82) is 0 Å². The molecule has 1 fully saturated rings. The fourth-order valence-electron chi connectivity index (χ4n) is 3.73. The van der Waals surface area contributed by atoms with Gasteiger partial charge in [0, 0.05) is 18.9 Å². The van der Waals surface area contributed by atoms with Gasteiger partial charge in [-0.2, -0.15) is 0 Å². The van der Waals surface area contributed by atoms with Crippen molar-refractivity contribution >= 4 is 16.1 Å². The van der Waals surface area contributed by atoms with Gasteiger partial charge in [-0.3, -0.25) is 0 Å². The van der Waals surface area contributed by atoms with Crippen molar-refractivity contribution in [3.63, 3.8) is 0 Å². The minimum atomic E-state index is -3.85. The number of quaternary nitrogens is 1. The SMILES string of the molecule is Cc1ccc(S(=O)(=O)NC(=O)NC2CC(C)(C)[NH2+]C(C)(C)C2)cc1. The molecule has 2 amide bonds. The van der Waals surface area contributed by atoms with Gasteiger partial charge in [0.05, 0.1) is 16.0 Å². The van der Waals surface area contributed by atoms with E-state index in [1.54, 1.807) is 12.1 Å². The molecule has 0 aliphatic carbocycles. The first-order chi connectivity index (χ1) is 10.9. The Morgan fingerprint density at radius 1 is 1.08 bits per heavy atom. The predicted octanol–water partition coefficient (Wildman–Crippen LogP) is 1.27. The van der Waals surface area contributed by atoms with Crippen LogP contribution in [0.5, 0.6) is 0 Å². The highest BCUT2D eigenvalue weighted by atomic mass is 32.2. The van der Waals surface area contributed by atoms with Crippen LogP contribution in [0.2, 0.25) is 0 Å². The van der Waals surface area contributed by atoms with Gasteiger partial charge in [-0.25, -0.2) is 17.9 Å². The van der Waals surface area contributed by atoms with E-state index in [-0.39, 0.29) is 22.0 Å². The Bertz CT molecular complexity index is 693. The molecule has 1 aliphatic rings. The highest BCUT2D eigenvalue weighted by Crippen LogP contribution is 2.21. The van der Waals surface area contributed by atoms with E-state index in [0.717, 1.165) is 18.4 Å². The van der Waals surface area contributed by atoms with Gasteiger partial charge >= 0.3 is 6.03 Å². The topological polar surface area (TPSA) is 91.9 Å². The predicted molar refractivity (Wildman–Crippen MR) is 93.1 cm³/mol. The molecule has 0 radical (unpaired) electrons. The molecule has 6 nitrogen and oxygen atoms in total. The highest BCUT2D eigenvalue weighted by molar-refractivity contribution is 7.90. The third-order valence-corrected chi connectivity index (χ3v) is 5.57. The van der Waals surface area contributed by atoms with E-state index >= 15 is 0 Å². The van der Waals surface area contributed by atoms with Gasteiger partial charge in [0.2, 0.25) is 0 Å². The lowest BCUT2D eigenvalue weighted by Crippen LogP contribution is -3.06. The molecule has 0 unspecified atom stereocenters. The standard InChI is InChI=1S/C17H27N3O3S/c1-12-6-8-14(9-7-12)24(22,23)19-15(21)18-13-10-16(2,3)20-17(4,5)11-13/h6-9,13,20H,10-11H2,1-5H3,(H2,18,19,21)/p+1. The van der Waals surface area contributed by atoms with Crippen molar-refractivity contribution in [3.8, 4) is 0 Å². The Labute approximate surface area is 144 Å². The lowest BCUT2D eigenvalue weighted by atomic mass is 9.80. The molecule has 0 aromatic heterocycles. The zero-order valence-corrected chi connectivity index (χ0v) is 15.8. The average molecular weight is 354 g/mol. The zero-order valence-electron chi connectivity index (χ0n) is 15.0. The van der Waals surface area contributed by atoms with Gasteiger partial charge < -0.3 is 10.6 Å². The van der Waals surface area contributed by atoms with Crippen molar-refractivity contribution in [3.05, 3.63) is 29.8 Å². The number of rotatable bonds is 3. The molecular formula is C17H28N3O3S+. The molecule has 1 heterocycles. The lowest BCUT2D eigenvalue weighted by molar-refractivity contribution is -0.787. The largest absolute Gasteiger partial charge is 0.337 e. The third kappa shape index (κ3) is 4.95. The molecule has 1 saturated heterocycles. The van der Waals surface area contributed by atoms with Crippen molar-refractivity contribution in [2.75, 3.05) is 0 Å². The fraction of sp³-hybridized carbons (Fsp3) is 0.588. The first-order valence-electron chi connectivity index (χ1n) is 8.16. The number of amides is 2. The maximum absolute atomic E-state index is 12.3. The van der Waals surface area contributed by atoms with Gasteiger partial charge in [-0.1, -0.05) is 17.7 Å². The summed E-state index contributed by atoms with van der Waals surface area (Å²) in [6, 6.07) is 5.66. The maximum atomic E-state index is 12.3. The van der Waals surface area contributed by atoms with Crippen molar-refractivity contribution < 1.29 is 18.5 Å². The van der Waals surface area contributed by atoms with Crippen LogP contribution in [-0.2, 0) is 10.0 Å². The van der Waals surface area contributed by atoms with Gasteiger partial charge in [0.25, 0.3) is 10.0 Å². The summed E-state index contributed by atoms with van der Waals surface area (Å²) < 4.78 is 26.7. The number of nitrogens with one attached hydrogen (secondary N) is 2. The van der Waals surface area contributed by atoms with E-state index < -0.39 is 16.1 Å². The van der Waals surface area contributed by atoms with Gasteiger partial charge in [0.1, 0.15) is 0 Å². The van der Waals surface area contributed by atoms with Crippen LogP contribution in [0.1, 0.15) is 46.1 Å². The summed E-state index contributed by atoms with van der Waals surface area (Å²) in [4.78, 5) is 12.3. The van der Waals surface area contributed by atoms with Crippen LogP contribution in [0.15, 0.2) is 29.2 Å². The number of hydrogen-bond donors (Lipinski definition) is 3. The van der Waals surface area contributed by atoms with E-state index in [9.17, 15) is 13.2 Å². The van der Waals surface area contributed by atoms with Crippen molar-refractivity contribution in [2.24, 2.45) is 0 Å². The number of carbonyl (C=O) groups is 1. The number of sulfonamides is 1. The van der Waals surface area contributed by atoms with E-state index in [0.29, 0.717) is 0 Å². The number of hydrogen-bond acceptors (Lipinski definition) is 3. The summed E-state index contributed by atoms with van der Waals surface area (Å²) in [5.41, 5.74) is 0.951. The summed E-state index contributed by atoms with van der Waals surface area (Å²) in [5.74, 6) is 0. The molecule has 0 saturated carbocycles. The van der Waals surface area contributed by atoms with Crippen molar-refractivity contribution in [1.82, 2.24) is 10.0 Å². The Hall–Kier alpha value is -1.60. The molecule has 2 rings (SSSR count). The smallest absolute Gasteiger partial charge is 0.328 e. The summed E-state index contributed by atoms with van der Waals surface area (Å²) in [7, 11) is -3.85. The molecule has 24 heavy (non-hydrogen) atoms. The molecule has 0 atom stereocenters. The van der Waals surface area contributed by atoms with Crippen LogP contribution in [0, 0.1) is 6.92 Å². The molecule has 1 aromatic carbocycles. The van der Waals surface area contributed by atoms with Gasteiger partial charge in [-0.05, 0) is 46.8 Å². The van der Waals surface area contributed by atoms with Crippen LogP contribution in [0.3, 0.4) is 0 Å². The summed E-state index contributed by atoms with van der Waals surface area (Å²) in [5, 5.41) is 5.12. The minimum absolute atomic E-state index is 0.00444. The Morgan fingerprint density at radius 2 is 1.58 bits per heavy atom. The van der Waals surface area contributed by atoms with Crippen LogP contribution >= 0.6 is 0 Å². The van der Waals surface area contributed by atoms with Crippen LogP contribution in [0.4, 0.5) is 4.79 Å². The van der Waals surface area contributed by atoms with Gasteiger partial charge in [0.15, 0.2) is 0 Å². The second-order valence-corrected chi connectivity index (χ2v) is 9.80. The number of nitrogens with two attached hydrogens (primary N) is 1. The quantitative estimate of drug-likeness (QED) is 0.763. The second kappa shape index (κ2) is 6.37. The first-order valence-corrected chi connectivity index (χ1v) is 9.64. The molecule has 134 valence electrons. The molecule has 0 spiro atoms. The number of piperidine rings is 1. The zero-order chi connectivity index (χ0) is 18.2. The number of urea groups is 1. The second-order valence-electron chi connectivity index (χ2n) is 8.12. The summed E-state index contributed by atoms with van der Waals surface area (Å²) >= 11 is 0. The summed E-state index contributed by atoms with van der Waals surface area (Å²) in [6.07, 6.45) is 1.57. The highest BCUT2D eigenvalue weighted by Gasteiger charge is 2.42. The molecule has 0 bridgehead atoms.